The smallest absolute Gasteiger partial charge is 0.134 e. The molecule has 0 aliphatic rings. The number of rotatable bonds is 5. The lowest BCUT2D eigenvalue weighted by atomic mass is 10.1. The molecule has 0 aromatic carbocycles. The molecular weight excluding hydrogens is 200 g/mol. The third-order valence-corrected chi connectivity index (χ3v) is 2.84. The van der Waals surface area contributed by atoms with E-state index in [0.717, 1.165) is 24.2 Å². The van der Waals surface area contributed by atoms with Crippen molar-refractivity contribution in [2.45, 2.75) is 46.6 Å². The number of nitrogens with one attached hydrogen (secondary N) is 1. The Morgan fingerprint density at radius 3 is 2.56 bits per heavy atom. The van der Waals surface area contributed by atoms with Crippen LogP contribution in [0.4, 0.5) is 11.6 Å². The first-order chi connectivity index (χ1) is 7.56. The second kappa shape index (κ2) is 5.68. The zero-order valence-electron chi connectivity index (χ0n) is 10.6. The maximum absolute atomic E-state index is 5.87. The first-order valence-electron chi connectivity index (χ1n) is 5.92. The van der Waals surface area contributed by atoms with Crippen molar-refractivity contribution in [3.05, 3.63) is 11.9 Å². The van der Waals surface area contributed by atoms with Crippen LogP contribution in [-0.2, 0) is 6.42 Å². The minimum atomic E-state index is 0.380. The Morgan fingerprint density at radius 2 is 2.00 bits per heavy atom. The summed E-state index contributed by atoms with van der Waals surface area (Å²) in [4.78, 5) is 8.32. The first kappa shape index (κ1) is 12.7. The Kier molecular flexibility index (Phi) is 4.52. The summed E-state index contributed by atoms with van der Waals surface area (Å²) < 4.78 is 0. The highest BCUT2D eigenvalue weighted by atomic mass is 15.1. The number of hydrogen-bond acceptors (Lipinski definition) is 4. The van der Waals surface area contributed by atoms with E-state index in [2.05, 4.69) is 43.0 Å². The maximum Gasteiger partial charge on any atom is 0.134 e. The van der Waals surface area contributed by atoms with Crippen LogP contribution in [0.3, 0.4) is 0 Å². The highest BCUT2D eigenvalue weighted by Crippen LogP contribution is 2.20. The van der Waals surface area contributed by atoms with E-state index < -0.39 is 0 Å². The average molecular weight is 222 g/mol. The second-order valence-corrected chi connectivity index (χ2v) is 4.51. The largest absolute Gasteiger partial charge is 0.383 e. The minimum absolute atomic E-state index is 0.380. The van der Waals surface area contributed by atoms with Crippen LogP contribution in [0, 0.1) is 5.92 Å². The van der Waals surface area contributed by atoms with E-state index in [1.54, 1.807) is 0 Å². The SMILES string of the molecule is CCCc1c(N)ncnc1NC(C)C(C)C. The molecule has 0 saturated heterocycles. The van der Waals surface area contributed by atoms with Gasteiger partial charge in [0.1, 0.15) is 18.0 Å². The van der Waals surface area contributed by atoms with Gasteiger partial charge in [-0.25, -0.2) is 9.97 Å². The van der Waals surface area contributed by atoms with Crippen LogP contribution in [0.5, 0.6) is 0 Å². The van der Waals surface area contributed by atoms with E-state index in [4.69, 9.17) is 5.73 Å². The van der Waals surface area contributed by atoms with E-state index in [1.165, 1.54) is 6.33 Å². The van der Waals surface area contributed by atoms with Crippen molar-refractivity contribution in [3.8, 4) is 0 Å². The lowest BCUT2D eigenvalue weighted by Gasteiger charge is -2.20. The molecule has 1 aromatic heterocycles. The van der Waals surface area contributed by atoms with Crippen LogP contribution in [0.1, 0.15) is 39.7 Å². The fourth-order valence-corrected chi connectivity index (χ4v) is 1.43. The van der Waals surface area contributed by atoms with Gasteiger partial charge in [-0.1, -0.05) is 27.2 Å². The number of nitrogens with zero attached hydrogens (tertiary/aromatic N) is 2. The Hall–Kier alpha value is -1.32. The van der Waals surface area contributed by atoms with Gasteiger partial charge in [0.25, 0.3) is 0 Å². The van der Waals surface area contributed by atoms with Crippen molar-refractivity contribution < 1.29 is 0 Å². The summed E-state index contributed by atoms with van der Waals surface area (Å²) in [6, 6.07) is 0.380. The van der Waals surface area contributed by atoms with E-state index in [1.807, 2.05) is 0 Å². The van der Waals surface area contributed by atoms with Crippen LogP contribution in [0.25, 0.3) is 0 Å². The van der Waals surface area contributed by atoms with Crippen LogP contribution in [0.2, 0.25) is 0 Å². The maximum atomic E-state index is 5.87. The Balaban J connectivity index is 2.90. The molecule has 0 amide bonds. The minimum Gasteiger partial charge on any atom is -0.383 e. The standard InChI is InChI=1S/C12H22N4/c1-5-6-10-11(13)14-7-15-12(10)16-9(4)8(2)3/h7-9H,5-6H2,1-4H3,(H3,13,14,15,16). The third-order valence-electron chi connectivity index (χ3n) is 2.84. The van der Waals surface area contributed by atoms with Crippen molar-refractivity contribution in [1.29, 1.82) is 0 Å². The molecule has 0 radical (unpaired) electrons. The fourth-order valence-electron chi connectivity index (χ4n) is 1.43. The molecule has 1 aromatic rings. The fraction of sp³-hybridized carbons (Fsp3) is 0.667. The van der Waals surface area contributed by atoms with Gasteiger partial charge in [0.2, 0.25) is 0 Å². The predicted molar refractivity (Wildman–Crippen MR) is 68.4 cm³/mol. The van der Waals surface area contributed by atoms with Crippen LogP contribution < -0.4 is 11.1 Å². The van der Waals surface area contributed by atoms with Gasteiger partial charge in [-0.3, -0.25) is 0 Å². The molecule has 90 valence electrons. The van der Waals surface area contributed by atoms with Crippen molar-refractivity contribution in [1.82, 2.24) is 9.97 Å². The summed E-state index contributed by atoms with van der Waals surface area (Å²) in [5.74, 6) is 2.04. The van der Waals surface area contributed by atoms with Gasteiger partial charge in [0.15, 0.2) is 0 Å². The van der Waals surface area contributed by atoms with E-state index in [0.29, 0.717) is 17.8 Å². The molecule has 4 heteroatoms. The number of nitrogens with two attached hydrogens (primary N) is 1. The number of anilines is 2. The normalized spacial score (nSPS) is 12.8. The van der Waals surface area contributed by atoms with Crippen LogP contribution in [0.15, 0.2) is 6.33 Å². The van der Waals surface area contributed by atoms with E-state index in [9.17, 15) is 0 Å². The molecule has 4 nitrogen and oxygen atoms in total. The summed E-state index contributed by atoms with van der Waals surface area (Å²) in [6.07, 6.45) is 3.48. The molecule has 3 N–H and O–H groups in total. The number of aromatic nitrogens is 2. The third kappa shape index (κ3) is 3.08. The molecular formula is C12H22N4. The molecule has 16 heavy (non-hydrogen) atoms. The van der Waals surface area contributed by atoms with Gasteiger partial charge < -0.3 is 11.1 Å². The highest BCUT2D eigenvalue weighted by Gasteiger charge is 2.12. The van der Waals surface area contributed by atoms with Gasteiger partial charge >= 0.3 is 0 Å². The van der Waals surface area contributed by atoms with Crippen molar-refractivity contribution in [2.24, 2.45) is 5.92 Å². The lowest BCUT2D eigenvalue weighted by molar-refractivity contribution is 0.557. The summed E-state index contributed by atoms with van der Waals surface area (Å²) in [5, 5.41) is 3.40. The molecule has 1 heterocycles. The molecule has 1 atom stereocenters. The number of nitrogen functional groups attached to an aromatic ring is 1. The predicted octanol–water partition coefficient (Wildman–Crippen LogP) is 2.47. The quantitative estimate of drug-likeness (QED) is 0.803. The van der Waals surface area contributed by atoms with Crippen molar-refractivity contribution >= 4 is 11.6 Å². The average Bonchev–Trinajstić information content (AvgIpc) is 2.23. The van der Waals surface area contributed by atoms with Gasteiger partial charge in [-0.05, 0) is 19.3 Å². The number of hydrogen-bond donors (Lipinski definition) is 2. The lowest BCUT2D eigenvalue weighted by Crippen LogP contribution is -2.23. The molecule has 0 aliphatic heterocycles. The molecule has 0 bridgehead atoms. The second-order valence-electron chi connectivity index (χ2n) is 4.51. The van der Waals surface area contributed by atoms with E-state index >= 15 is 0 Å². The summed E-state index contributed by atoms with van der Waals surface area (Å²) in [5.41, 5.74) is 6.91. The molecule has 0 fully saturated rings. The topological polar surface area (TPSA) is 63.8 Å². The van der Waals surface area contributed by atoms with Crippen molar-refractivity contribution in [3.63, 3.8) is 0 Å². The van der Waals surface area contributed by atoms with Gasteiger partial charge in [0, 0.05) is 11.6 Å². The van der Waals surface area contributed by atoms with E-state index in [-0.39, 0.29) is 0 Å². The van der Waals surface area contributed by atoms with Gasteiger partial charge in [-0.15, -0.1) is 0 Å². The molecule has 0 saturated carbocycles. The zero-order chi connectivity index (χ0) is 12.1. The first-order valence-corrected chi connectivity index (χ1v) is 5.92. The Morgan fingerprint density at radius 1 is 1.31 bits per heavy atom. The highest BCUT2D eigenvalue weighted by molar-refractivity contribution is 5.55. The van der Waals surface area contributed by atoms with Crippen LogP contribution >= 0.6 is 0 Å². The zero-order valence-corrected chi connectivity index (χ0v) is 10.6. The molecule has 0 spiro atoms. The van der Waals surface area contributed by atoms with Crippen molar-refractivity contribution in [2.75, 3.05) is 11.1 Å². The summed E-state index contributed by atoms with van der Waals surface area (Å²) >= 11 is 0. The van der Waals surface area contributed by atoms with Crippen LogP contribution in [-0.4, -0.2) is 16.0 Å². The molecule has 1 unspecified atom stereocenters. The summed E-state index contributed by atoms with van der Waals surface area (Å²) in [7, 11) is 0. The molecule has 0 aliphatic carbocycles. The Labute approximate surface area is 97.7 Å². The summed E-state index contributed by atoms with van der Waals surface area (Å²) in [6.45, 7) is 8.64. The Bertz CT molecular complexity index is 336. The molecule has 1 rings (SSSR count). The van der Waals surface area contributed by atoms with Gasteiger partial charge in [-0.2, -0.15) is 0 Å². The van der Waals surface area contributed by atoms with Gasteiger partial charge in [0.05, 0.1) is 0 Å². The monoisotopic (exact) mass is 222 g/mol.